The minimum absolute atomic E-state index is 0.326. The average Bonchev–Trinajstić information content (AvgIpc) is 2.08. The van der Waals surface area contributed by atoms with E-state index in [4.69, 9.17) is 5.73 Å². The number of nitrogens with zero attached hydrogens (tertiary/aromatic N) is 1. The zero-order chi connectivity index (χ0) is 9.84. The van der Waals surface area contributed by atoms with E-state index in [1.165, 1.54) is 18.5 Å². The molecule has 0 aromatic rings. The van der Waals surface area contributed by atoms with Crippen LogP contribution in [0.15, 0.2) is 11.6 Å². The van der Waals surface area contributed by atoms with Crippen molar-refractivity contribution >= 4 is 0 Å². The van der Waals surface area contributed by atoms with Gasteiger partial charge in [-0.2, -0.15) is 0 Å². The third-order valence-corrected chi connectivity index (χ3v) is 2.85. The molecule has 0 fully saturated rings. The van der Waals surface area contributed by atoms with Crippen molar-refractivity contribution in [3.8, 4) is 0 Å². The first-order valence-electron chi connectivity index (χ1n) is 5.23. The Kier molecular flexibility index (Phi) is 3.94. The number of hydrogen-bond donors (Lipinski definition) is 1. The van der Waals surface area contributed by atoms with Crippen LogP contribution >= 0.6 is 0 Å². The predicted molar refractivity (Wildman–Crippen MR) is 57.6 cm³/mol. The van der Waals surface area contributed by atoms with Crippen molar-refractivity contribution in [2.45, 2.75) is 33.2 Å². The van der Waals surface area contributed by atoms with E-state index in [0.29, 0.717) is 12.0 Å². The summed E-state index contributed by atoms with van der Waals surface area (Å²) < 4.78 is 0. The van der Waals surface area contributed by atoms with Crippen molar-refractivity contribution in [3.63, 3.8) is 0 Å². The zero-order valence-electron chi connectivity index (χ0n) is 9.09. The van der Waals surface area contributed by atoms with Crippen LogP contribution < -0.4 is 5.73 Å². The van der Waals surface area contributed by atoms with Crippen LogP contribution in [0.5, 0.6) is 0 Å². The molecule has 2 N–H and O–H groups in total. The summed E-state index contributed by atoms with van der Waals surface area (Å²) in [4.78, 5) is 2.44. The molecule has 0 aromatic carbocycles. The summed E-state index contributed by atoms with van der Waals surface area (Å²) in [7, 11) is 0. The molecule has 2 heteroatoms. The number of rotatable bonds is 3. The molecule has 1 aliphatic rings. The zero-order valence-corrected chi connectivity index (χ0v) is 9.09. The van der Waals surface area contributed by atoms with E-state index in [9.17, 15) is 0 Å². The van der Waals surface area contributed by atoms with Gasteiger partial charge in [0.25, 0.3) is 0 Å². The van der Waals surface area contributed by atoms with Crippen LogP contribution in [0, 0.1) is 5.92 Å². The van der Waals surface area contributed by atoms with E-state index in [-0.39, 0.29) is 0 Å². The molecule has 0 bridgehead atoms. The highest BCUT2D eigenvalue weighted by atomic mass is 15.1. The van der Waals surface area contributed by atoms with Gasteiger partial charge in [-0.15, -0.1) is 0 Å². The molecule has 2 nitrogen and oxygen atoms in total. The molecule has 0 saturated heterocycles. The summed E-state index contributed by atoms with van der Waals surface area (Å²) in [6.45, 7) is 9.90. The lowest BCUT2D eigenvalue weighted by Gasteiger charge is -2.29. The lowest BCUT2D eigenvalue weighted by Crippen LogP contribution is -2.42. The van der Waals surface area contributed by atoms with E-state index >= 15 is 0 Å². The molecule has 0 saturated carbocycles. The van der Waals surface area contributed by atoms with Gasteiger partial charge in [0.1, 0.15) is 0 Å². The first kappa shape index (κ1) is 10.7. The monoisotopic (exact) mass is 182 g/mol. The fraction of sp³-hybridized carbons (Fsp3) is 0.818. The first-order valence-corrected chi connectivity index (χ1v) is 5.23. The summed E-state index contributed by atoms with van der Waals surface area (Å²) >= 11 is 0. The van der Waals surface area contributed by atoms with Crippen LogP contribution in [0.4, 0.5) is 0 Å². The van der Waals surface area contributed by atoms with Crippen molar-refractivity contribution in [1.29, 1.82) is 0 Å². The van der Waals surface area contributed by atoms with E-state index in [1.54, 1.807) is 0 Å². The maximum absolute atomic E-state index is 6.02. The Labute approximate surface area is 81.8 Å². The van der Waals surface area contributed by atoms with Gasteiger partial charge in [0.15, 0.2) is 0 Å². The average molecular weight is 182 g/mol. The molecule has 0 spiro atoms. The highest BCUT2D eigenvalue weighted by Gasteiger charge is 2.14. The van der Waals surface area contributed by atoms with Crippen LogP contribution in [-0.4, -0.2) is 30.6 Å². The number of nitrogens with two attached hydrogens (primary N) is 1. The van der Waals surface area contributed by atoms with Crippen LogP contribution in [0.2, 0.25) is 0 Å². The fourth-order valence-corrected chi connectivity index (χ4v) is 1.49. The van der Waals surface area contributed by atoms with Crippen LogP contribution in [0.25, 0.3) is 0 Å². The molecule has 0 unspecified atom stereocenters. The second-order valence-electron chi connectivity index (χ2n) is 4.47. The maximum Gasteiger partial charge on any atom is 0.0191 e. The molecule has 1 atom stereocenters. The lowest BCUT2D eigenvalue weighted by molar-refractivity contribution is 0.253. The van der Waals surface area contributed by atoms with Crippen molar-refractivity contribution in [1.82, 2.24) is 4.90 Å². The van der Waals surface area contributed by atoms with E-state index in [1.807, 2.05) is 0 Å². The Morgan fingerprint density at radius 3 is 2.69 bits per heavy atom. The van der Waals surface area contributed by atoms with E-state index in [2.05, 4.69) is 31.7 Å². The minimum atomic E-state index is 0.326. The summed E-state index contributed by atoms with van der Waals surface area (Å²) in [5.74, 6) is 0.590. The third kappa shape index (κ3) is 3.49. The molecular weight excluding hydrogens is 160 g/mol. The van der Waals surface area contributed by atoms with Gasteiger partial charge in [-0.25, -0.2) is 0 Å². The van der Waals surface area contributed by atoms with Crippen LogP contribution in [0.3, 0.4) is 0 Å². The molecule has 0 amide bonds. The normalized spacial score (nSPS) is 21.8. The predicted octanol–water partition coefficient (Wildman–Crippen LogP) is 1.62. The Morgan fingerprint density at radius 2 is 2.23 bits per heavy atom. The van der Waals surface area contributed by atoms with Gasteiger partial charge in [0, 0.05) is 25.7 Å². The molecule has 0 aliphatic carbocycles. The Bertz CT molecular complexity index is 185. The molecular formula is C11H22N2. The second kappa shape index (κ2) is 4.77. The van der Waals surface area contributed by atoms with Gasteiger partial charge in [0.2, 0.25) is 0 Å². The molecule has 76 valence electrons. The van der Waals surface area contributed by atoms with Crippen molar-refractivity contribution in [2.75, 3.05) is 19.6 Å². The highest BCUT2D eigenvalue weighted by Crippen LogP contribution is 2.10. The second-order valence-corrected chi connectivity index (χ2v) is 4.47. The highest BCUT2D eigenvalue weighted by molar-refractivity contribution is 5.03. The maximum atomic E-state index is 6.02. The SMILES string of the molecule is CC1=CCN(C[C@@H](N)C(C)C)CC1. The summed E-state index contributed by atoms with van der Waals surface area (Å²) in [6.07, 6.45) is 3.53. The summed E-state index contributed by atoms with van der Waals surface area (Å²) in [5.41, 5.74) is 7.54. The van der Waals surface area contributed by atoms with E-state index < -0.39 is 0 Å². The van der Waals surface area contributed by atoms with Gasteiger partial charge >= 0.3 is 0 Å². The third-order valence-electron chi connectivity index (χ3n) is 2.85. The van der Waals surface area contributed by atoms with Crippen LogP contribution in [-0.2, 0) is 0 Å². The Morgan fingerprint density at radius 1 is 1.54 bits per heavy atom. The standard InChI is InChI=1S/C11H22N2/c1-9(2)11(12)8-13-6-4-10(3)5-7-13/h4,9,11H,5-8,12H2,1-3H3/t11-/m1/s1. The Balaban J connectivity index is 2.31. The molecule has 0 aromatic heterocycles. The molecule has 1 rings (SSSR count). The van der Waals surface area contributed by atoms with Crippen molar-refractivity contribution in [2.24, 2.45) is 11.7 Å². The summed E-state index contributed by atoms with van der Waals surface area (Å²) in [6, 6.07) is 0.326. The van der Waals surface area contributed by atoms with Crippen molar-refractivity contribution < 1.29 is 0 Å². The summed E-state index contributed by atoms with van der Waals surface area (Å²) in [5, 5.41) is 0. The molecule has 13 heavy (non-hydrogen) atoms. The Hall–Kier alpha value is -0.340. The lowest BCUT2D eigenvalue weighted by atomic mass is 10.0. The van der Waals surface area contributed by atoms with Gasteiger partial charge in [0.05, 0.1) is 0 Å². The fourth-order valence-electron chi connectivity index (χ4n) is 1.49. The topological polar surface area (TPSA) is 29.3 Å². The quantitative estimate of drug-likeness (QED) is 0.672. The van der Waals surface area contributed by atoms with Gasteiger partial charge in [-0.3, -0.25) is 4.90 Å². The first-order chi connectivity index (χ1) is 6.09. The van der Waals surface area contributed by atoms with Crippen molar-refractivity contribution in [3.05, 3.63) is 11.6 Å². The van der Waals surface area contributed by atoms with Gasteiger partial charge in [-0.05, 0) is 19.3 Å². The van der Waals surface area contributed by atoms with E-state index in [0.717, 1.165) is 13.1 Å². The largest absolute Gasteiger partial charge is 0.326 e. The minimum Gasteiger partial charge on any atom is -0.326 e. The molecule has 1 heterocycles. The van der Waals surface area contributed by atoms with Gasteiger partial charge in [-0.1, -0.05) is 25.5 Å². The molecule has 0 radical (unpaired) electrons. The smallest absolute Gasteiger partial charge is 0.0191 e. The van der Waals surface area contributed by atoms with Crippen LogP contribution in [0.1, 0.15) is 27.2 Å². The number of hydrogen-bond acceptors (Lipinski definition) is 2. The van der Waals surface area contributed by atoms with Gasteiger partial charge < -0.3 is 5.73 Å². The molecule has 1 aliphatic heterocycles.